The molecule has 0 aliphatic rings. The number of aryl methyl sites for hydroxylation is 1. The van der Waals surface area contributed by atoms with Crippen molar-refractivity contribution in [2.24, 2.45) is 0 Å². The van der Waals surface area contributed by atoms with Gasteiger partial charge < -0.3 is 5.73 Å². The quantitative estimate of drug-likeness (QED) is 0.854. The highest BCUT2D eigenvalue weighted by Gasteiger charge is 2.05. The van der Waals surface area contributed by atoms with Crippen LogP contribution in [-0.4, -0.2) is 4.98 Å². The van der Waals surface area contributed by atoms with Gasteiger partial charge in [0.15, 0.2) is 0 Å². The van der Waals surface area contributed by atoms with E-state index in [1.54, 1.807) is 11.8 Å². The second kappa shape index (κ2) is 4.89. The molecule has 0 amide bonds. The molecule has 1 heterocycles. The van der Waals surface area contributed by atoms with Crippen molar-refractivity contribution in [2.45, 2.75) is 16.8 Å². The maximum absolute atomic E-state index is 5.64. The summed E-state index contributed by atoms with van der Waals surface area (Å²) in [6, 6.07) is 9.77. The summed E-state index contributed by atoms with van der Waals surface area (Å²) in [6.07, 6.45) is 1.82. The Bertz CT molecular complexity index is 497. The van der Waals surface area contributed by atoms with E-state index in [1.807, 2.05) is 36.5 Å². The van der Waals surface area contributed by atoms with E-state index in [-0.39, 0.29) is 0 Å². The second-order valence-corrected chi connectivity index (χ2v) is 5.27. The first-order chi connectivity index (χ1) is 7.66. The molecule has 0 fully saturated rings. The third-order valence-corrected chi connectivity index (χ3v) is 4.42. The summed E-state index contributed by atoms with van der Waals surface area (Å²) in [5.74, 6) is 0. The summed E-state index contributed by atoms with van der Waals surface area (Å²) in [7, 11) is 0. The standard InChI is InChI=1S/C12H11BrN2S/c1-8-6-7-15-12(11(8)13)16-10-4-2-9(14)3-5-10/h2-7H,14H2,1H3. The minimum atomic E-state index is 0.778. The molecule has 1 aromatic heterocycles. The van der Waals surface area contributed by atoms with Gasteiger partial charge in [-0.2, -0.15) is 0 Å². The molecule has 2 nitrogen and oxygen atoms in total. The average Bonchev–Trinajstić information content (AvgIpc) is 2.28. The average molecular weight is 295 g/mol. The number of hydrogen-bond acceptors (Lipinski definition) is 3. The van der Waals surface area contributed by atoms with Crippen LogP contribution in [0.1, 0.15) is 5.56 Å². The van der Waals surface area contributed by atoms with Crippen LogP contribution >= 0.6 is 27.7 Å². The van der Waals surface area contributed by atoms with Gasteiger partial charge in [0.05, 0.1) is 4.47 Å². The molecule has 0 aliphatic heterocycles. The molecule has 0 aliphatic carbocycles. The highest BCUT2D eigenvalue weighted by molar-refractivity contribution is 9.10. The van der Waals surface area contributed by atoms with E-state index in [0.717, 1.165) is 20.1 Å². The van der Waals surface area contributed by atoms with Crippen molar-refractivity contribution in [2.75, 3.05) is 5.73 Å². The van der Waals surface area contributed by atoms with E-state index >= 15 is 0 Å². The lowest BCUT2D eigenvalue weighted by Gasteiger charge is -2.05. The number of nitrogens with zero attached hydrogens (tertiary/aromatic N) is 1. The molecule has 82 valence electrons. The summed E-state index contributed by atoms with van der Waals surface area (Å²) >= 11 is 5.17. The molecule has 2 aromatic rings. The number of nitrogen functional groups attached to an aromatic ring is 1. The number of pyridine rings is 1. The SMILES string of the molecule is Cc1ccnc(Sc2ccc(N)cc2)c1Br. The molecule has 2 N–H and O–H groups in total. The highest BCUT2D eigenvalue weighted by atomic mass is 79.9. The molecule has 0 bridgehead atoms. The van der Waals surface area contributed by atoms with E-state index < -0.39 is 0 Å². The first-order valence-corrected chi connectivity index (χ1v) is 6.42. The van der Waals surface area contributed by atoms with Gasteiger partial charge in [0.25, 0.3) is 0 Å². The minimum absolute atomic E-state index is 0.778. The Morgan fingerprint density at radius 3 is 2.56 bits per heavy atom. The Kier molecular flexibility index (Phi) is 3.51. The van der Waals surface area contributed by atoms with Crippen molar-refractivity contribution >= 4 is 33.4 Å². The molecular formula is C12H11BrN2S. The Hall–Kier alpha value is -1.00. The predicted molar refractivity (Wildman–Crippen MR) is 71.7 cm³/mol. The van der Waals surface area contributed by atoms with Gasteiger partial charge in [-0.05, 0) is 58.7 Å². The molecule has 0 atom stereocenters. The first-order valence-electron chi connectivity index (χ1n) is 4.81. The molecule has 4 heteroatoms. The lowest BCUT2D eigenvalue weighted by Crippen LogP contribution is -1.86. The lowest BCUT2D eigenvalue weighted by molar-refractivity contribution is 1.08. The van der Waals surface area contributed by atoms with Crippen molar-refractivity contribution in [3.63, 3.8) is 0 Å². The zero-order valence-electron chi connectivity index (χ0n) is 8.77. The molecule has 2 rings (SSSR count). The van der Waals surface area contributed by atoms with Gasteiger partial charge in [0.1, 0.15) is 5.03 Å². The Balaban J connectivity index is 2.27. The zero-order valence-corrected chi connectivity index (χ0v) is 11.2. The maximum atomic E-state index is 5.64. The molecule has 0 saturated heterocycles. The number of halogens is 1. The number of benzene rings is 1. The highest BCUT2D eigenvalue weighted by Crippen LogP contribution is 2.33. The van der Waals surface area contributed by atoms with Crippen molar-refractivity contribution < 1.29 is 0 Å². The van der Waals surface area contributed by atoms with Crippen molar-refractivity contribution in [1.82, 2.24) is 4.98 Å². The summed E-state index contributed by atoms with van der Waals surface area (Å²) in [6.45, 7) is 2.05. The van der Waals surface area contributed by atoms with Crippen LogP contribution < -0.4 is 5.73 Å². The molecule has 0 radical (unpaired) electrons. The molecular weight excluding hydrogens is 284 g/mol. The first kappa shape index (κ1) is 11.5. The van der Waals surface area contributed by atoms with Gasteiger partial charge in [0, 0.05) is 16.8 Å². The molecule has 16 heavy (non-hydrogen) atoms. The molecule has 1 aromatic carbocycles. The largest absolute Gasteiger partial charge is 0.399 e. The minimum Gasteiger partial charge on any atom is -0.399 e. The Morgan fingerprint density at radius 1 is 1.19 bits per heavy atom. The van der Waals surface area contributed by atoms with Gasteiger partial charge in [-0.3, -0.25) is 0 Å². The lowest BCUT2D eigenvalue weighted by atomic mass is 10.3. The van der Waals surface area contributed by atoms with E-state index in [0.29, 0.717) is 0 Å². The normalized spacial score (nSPS) is 10.4. The fourth-order valence-corrected chi connectivity index (χ4v) is 2.57. The summed E-state index contributed by atoms with van der Waals surface area (Å²) < 4.78 is 1.05. The monoisotopic (exact) mass is 294 g/mol. The summed E-state index contributed by atoms with van der Waals surface area (Å²) in [5.41, 5.74) is 7.61. The van der Waals surface area contributed by atoms with Crippen LogP contribution in [0.15, 0.2) is 50.9 Å². The van der Waals surface area contributed by atoms with Crippen LogP contribution in [0.2, 0.25) is 0 Å². The van der Waals surface area contributed by atoms with Crippen molar-refractivity contribution in [3.8, 4) is 0 Å². The number of rotatable bonds is 2. The molecule has 0 spiro atoms. The third kappa shape index (κ3) is 2.57. The van der Waals surface area contributed by atoms with Gasteiger partial charge in [-0.15, -0.1) is 0 Å². The number of nitrogens with two attached hydrogens (primary N) is 1. The van der Waals surface area contributed by atoms with Gasteiger partial charge in [-0.1, -0.05) is 11.8 Å². The van der Waals surface area contributed by atoms with Crippen LogP contribution in [0, 0.1) is 6.92 Å². The van der Waals surface area contributed by atoms with Gasteiger partial charge >= 0.3 is 0 Å². The van der Waals surface area contributed by atoms with Crippen LogP contribution in [0.5, 0.6) is 0 Å². The Labute approximate surface area is 107 Å². The van der Waals surface area contributed by atoms with Crippen LogP contribution in [0.4, 0.5) is 5.69 Å². The van der Waals surface area contributed by atoms with E-state index in [2.05, 4.69) is 27.8 Å². The fraction of sp³-hybridized carbons (Fsp3) is 0.0833. The van der Waals surface area contributed by atoms with E-state index in [1.165, 1.54) is 5.56 Å². The summed E-state index contributed by atoms with van der Waals surface area (Å²) in [4.78, 5) is 5.47. The fourth-order valence-electron chi connectivity index (χ4n) is 1.23. The smallest absolute Gasteiger partial charge is 0.115 e. The molecule has 0 unspecified atom stereocenters. The van der Waals surface area contributed by atoms with Crippen LogP contribution in [0.25, 0.3) is 0 Å². The van der Waals surface area contributed by atoms with Crippen molar-refractivity contribution in [1.29, 1.82) is 0 Å². The predicted octanol–water partition coefficient (Wildman–Crippen LogP) is 3.89. The number of anilines is 1. The van der Waals surface area contributed by atoms with Gasteiger partial charge in [0.2, 0.25) is 0 Å². The second-order valence-electron chi connectivity index (χ2n) is 3.42. The van der Waals surface area contributed by atoms with E-state index in [9.17, 15) is 0 Å². The van der Waals surface area contributed by atoms with E-state index in [4.69, 9.17) is 5.73 Å². The number of hydrogen-bond donors (Lipinski definition) is 1. The van der Waals surface area contributed by atoms with Gasteiger partial charge in [-0.25, -0.2) is 4.98 Å². The van der Waals surface area contributed by atoms with Crippen LogP contribution in [-0.2, 0) is 0 Å². The van der Waals surface area contributed by atoms with Crippen LogP contribution in [0.3, 0.4) is 0 Å². The summed E-state index contributed by atoms with van der Waals surface area (Å²) in [5, 5.41) is 0.977. The third-order valence-electron chi connectivity index (χ3n) is 2.14. The maximum Gasteiger partial charge on any atom is 0.115 e. The molecule has 0 saturated carbocycles. The number of aromatic nitrogens is 1. The zero-order chi connectivity index (χ0) is 11.5. The Morgan fingerprint density at radius 2 is 1.88 bits per heavy atom. The van der Waals surface area contributed by atoms with Crippen molar-refractivity contribution in [3.05, 3.63) is 46.6 Å². The topological polar surface area (TPSA) is 38.9 Å².